The summed E-state index contributed by atoms with van der Waals surface area (Å²) in [4.78, 5) is 0. The first-order valence-electron chi connectivity index (χ1n) is 4.79. The van der Waals surface area contributed by atoms with Crippen LogP contribution in [0.15, 0.2) is 0 Å². The molecule has 0 radical (unpaired) electrons. The predicted octanol–water partition coefficient (Wildman–Crippen LogP) is 2.85. The molecule has 11 heavy (non-hydrogen) atoms. The van der Waals surface area contributed by atoms with Crippen molar-refractivity contribution in [3.05, 3.63) is 0 Å². The Kier molecular flexibility index (Phi) is 2.94. The molecule has 0 aliphatic carbocycles. The van der Waals surface area contributed by atoms with Gasteiger partial charge in [-0.15, -0.1) is 0 Å². The average molecular weight is 156 g/mol. The van der Waals surface area contributed by atoms with E-state index in [0.29, 0.717) is 5.41 Å². The van der Waals surface area contributed by atoms with Gasteiger partial charge in [0.15, 0.2) is 0 Å². The van der Waals surface area contributed by atoms with Crippen LogP contribution in [0.5, 0.6) is 0 Å². The Balaban J connectivity index is 2.57. The minimum atomic E-state index is 0.498. The number of ether oxygens (including phenoxy) is 1. The molecule has 0 amide bonds. The summed E-state index contributed by atoms with van der Waals surface area (Å²) in [5.74, 6) is 0.771. The van der Waals surface area contributed by atoms with Crippen molar-refractivity contribution in [2.24, 2.45) is 11.3 Å². The molecule has 1 saturated heterocycles. The molecule has 1 aliphatic heterocycles. The number of hydrogen-bond acceptors (Lipinski definition) is 1. The molecule has 0 aromatic heterocycles. The summed E-state index contributed by atoms with van der Waals surface area (Å²) in [6, 6.07) is 0. The van der Waals surface area contributed by atoms with Gasteiger partial charge in [0.1, 0.15) is 0 Å². The Morgan fingerprint density at radius 2 is 2.18 bits per heavy atom. The minimum absolute atomic E-state index is 0.498. The molecule has 66 valence electrons. The van der Waals surface area contributed by atoms with Crippen LogP contribution < -0.4 is 0 Å². The van der Waals surface area contributed by atoms with Gasteiger partial charge in [-0.05, 0) is 30.6 Å². The van der Waals surface area contributed by atoms with Crippen LogP contribution in [0.1, 0.15) is 40.0 Å². The third-order valence-electron chi connectivity index (χ3n) is 3.28. The van der Waals surface area contributed by atoms with E-state index in [0.717, 1.165) is 19.1 Å². The van der Waals surface area contributed by atoms with Gasteiger partial charge >= 0.3 is 0 Å². The molecule has 0 saturated carbocycles. The highest BCUT2D eigenvalue weighted by Gasteiger charge is 2.33. The standard InChI is InChI=1S/C10H20O/c1-4-10(9(2)3)6-5-7-11-8-10/h9H,4-8H2,1-3H3. The summed E-state index contributed by atoms with van der Waals surface area (Å²) in [7, 11) is 0. The molecule has 1 aliphatic rings. The normalized spacial score (nSPS) is 32.7. The topological polar surface area (TPSA) is 9.23 Å². The van der Waals surface area contributed by atoms with E-state index in [-0.39, 0.29) is 0 Å². The molecule has 1 nitrogen and oxygen atoms in total. The maximum atomic E-state index is 5.54. The van der Waals surface area contributed by atoms with Crippen molar-refractivity contribution in [3.63, 3.8) is 0 Å². The SMILES string of the molecule is CCC1(C(C)C)CCCOC1. The van der Waals surface area contributed by atoms with Crippen LogP contribution in [0.3, 0.4) is 0 Å². The van der Waals surface area contributed by atoms with E-state index in [1.54, 1.807) is 0 Å². The Labute approximate surface area is 70.1 Å². The van der Waals surface area contributed by atoms with Gasteiger partial charge in [-0.3, -0.25) is 0 Å². The van der Waals surface area contributed by atoms with Gasteiger partial charge in [-0.25, -0.2) is 0 Å². The molecule has 1 heteroatoms. The molecule has 1 fully saturated rings. The first-order valence-corrected chi connectivity index (χ1v) is 4.79. The third-order valence-corrected chi connectivity index (χ3v) is 3.28. The van der Waals surface area contributed by atoms with Crippen LogP contribution >= 0.6 is 0 Å². The zero-order chi connectivity index (χ0) is 8.32. The quantitative estimate of drug-likeness (QED) is 0.597. The molecule has 1 unspecified atom stereocenters. The minimum Gasteiger partial charge on any atom is -0.381 e. The molecule has 1 heterocycles. The highest BCUT2D eigenvalue weighted by atomic mass is 16.5. The van der Waals surface area contributed by atoms with Gasteiger partial charge in [0.05, 0.1) is 6.61 Å². The van der Waals surface area contributed by atoms with Crippen molar-refractivity contribution >= 4 is 0 Å². The van der Waals surface area contributed by atoms with Crippen LogP contribution in [0.2, 0.25) is 0 Å². The third kappa shape index (κ3) is 1.76. The molecule has 0 aromatic rings. The van der Waals surface area contributed by atoms with Gasteiger partial charge in [0.2, 0.25) is 0 Å². The van der Waals surface area contributed by atoms with E-state index in [9.17, 15) is 0 Å². The van der Waals surface area contributed by atoms with Crippen LogP contribution in [0, 0.1) is 11.3 Å². The Hall–Kier alpha value is -0.0400. The van der Waals surface area contributed by atoms with Gasteiger partial charge in [0.25, 0.3) is 0 Å². The van der Waals surface area contributed by atoms with Gasteiger partial charge < -0.3 is 4.74 Å². The molecule has 0 aromatic carbocycles. The number of hydrogen-bond donors (Lipinski definition) is 0. The van der Waals surface area contributed by atoms with Crippen LogP contribution in [0.4, 0.5) is 0 Å². The molecule has 1 rings (SSSR count). The van der Waals surface area contributed by atoms with E-state index in [1.165, 1.54) is 19.3 Å². The zero-order valence-electron chi connectivity index (χ0n) is 8.02. The first-order chi connectivity index (χ1) is 5.21. The monoisotopic (exact) mass is 156 g/mol. The lowest BCUT2D eigenvalue weighted by molar-refractivity contribution is -0.0365. The predicted molar refractivity (Wildman–Crippen MR) is 47.6 cm³/mol. The maximum absolute atomic E-state index is 5.54. The van der Waals surface area contributed by atoms with Crippen molar-refractivity contribution < 1.29 is 4.74 Å². The highest BCUT2D eigenvalue weighted by molar-refractivity contribution is 4.83. The number of rotatable bonds is 2. The molecule has 1 atom stereocenters. The highest BCUT2D eigenvalue weighted by Crippen LogP contribution is 2.38. The Morgan fingerprint density at radius 3 is 2.45 bits per heavy atom. The second-order valence-electron chi connectivity index (χ2n) is 4.03. The van der Waals surface area contributed by atoms with Crippen LogP contribution in [0.25, 0.3) is 0 Å². The lowest BCUT2D eigenvalue weighted by Crippen LogP contribution is -2.35. The summed E-state index contributed by atoms with van der Waals surface area (Å²) in [5.41, 5.74) is 0.498. The summed E-state index contributed by atoms with van der Waals surface area (Å²) < 4.78 is 5.54. The Morgan fingerprint density at radius 1 is 1.45 bits per heavy atom. The zero-order valence-corrected chi connectivity index (χ0v) is 8.02. The second-order valence-corrected chi connectivity index (χ2v) is 4.03. The smallest absolute Gasteiger partial charge is 0.0524 e. The van der Waals surface area contributed by atoms with Crippen molar-refractivity contribution in [2.45, 2.75) is 40.0 Å². The van der Waals surface area contributed by atoms with E-state index in [2.05, 4.69) is 20.8 Å². The first kappa shape index (κ1) is 9.05. The van der Waals surface area contributed by atoms with Crippen LogP contribution in [-0.4, -0.2) is 13.2 Å². The van der Waals surface area contributed by atoms with E-state index >= 15 is 0 Å². The summed E-state index contributed by atoms with van der Waals surface area (Å²) >= 11 is 0. The summed E-state index contributed by atoms with van der Waals surface area (Å²) in [5, 5.41) is 0. The fraction of sp³-hybridized carbons (Fsp3) is 1.00. The molecular weight excluding hydrogens is 136 g/mol. The van der Waals surface area contributed by atoms with Gasteiger partial charge in [-0.1, -0.05) is 20.8 Å². The maximum Gasteiger partial charge on any atom is 0.0524 e. The van der Waals surface area contributed by atoms with Crippen molar-refractivity contribution in [1.82, 2.24) is 0 Å². The van der Waals surface area contributed by atoms with E-state index < -0.39 is 0 Å². The second kappa shape index (κ2) is 3.57. The summed E-state index contributed by atoms with van der Waals surface area (Å²) in [6.07, 6.45) is 3.89. The van der Waals surface area contributed by atoms with Crippen molar-refractivity contribution in [3.8, 4) is 0 Å². The lowest BCUT2D eigenvalue weighted by atomic mass is 9.71. The largest absolute Gasteiger partial charge is 0.381 e. The Bertz CT molecular complexity index is 112. The fourth-order valence-corrected chi connectivity index (χ4v) is 2.02. The van der Waals surface area contributed by atoms with Crippen molar-refractivity contribution in [2.75, 3.05) is 13.2 Å². The fourth-order valence-electron chi connectivity index (χ4n) is 2.02. The van der Waals surface area contributed by atoms with E-state index in [1.807, 2.05) is 0 Å². The summed E-state index contributed by atoms with van der Waals surface area (Å²) in [6.45, 7) is 8.89. The molecular formula is C10H20O. The average Bonchev–Trinajstić information content (AvgIpc) is 2.05. The van der Waals surface area contributed by atoms with Gasteiger partial charge in [0, 0.05) is 6.61 Å². The van der Waals surface area contributed by atoms with E-state index in [4.69, 9.17) is 4.74 Å². The molecule has 0 N–H and O–H groups in total. The van der Waals surface area contributed by atoms with Gasteiger partial charge in [-0.2, -0.15) is 0 Å². The van der Waals surface area contributed by atoms with Crippen molar-refractivity contribution in [1.29, 1.82) is 0 Å². The lowest BCUT2D eigenvalue weighted by Gasteiger charge is -2.39. The molecule has 0 spiro atoms. The molecule has 0 bridgehead atoms. The van der Waals surface area contributed by atoms with Crippen LogP contribution in [-0.2, 0) is 4.74 Å².